The number of unbranched alkanes of at least 4 members (excludes halogenated alkanes) is 2. The van der Waals surface area contributed by atoms with Crippen LogP contribution in [0.4, 0.5) is 0 Å². The second-order valence-corrected chi connectivity index (χ2v) is 4.17. The van der Waals surface area contributed by atoms with Gasteiger partial charge in [0, 0.05) is 33.7 Å². The fourth-order valence-corrected chi connectivity index (χ4v) is 2.00. The minimum Gasteiger partial charge on any atom is -0.341 e. The lowest BCUT2D eigenvalue weighted by Crippen LogP contribution is -2.52. The molecule has 0 aromatic heterocycles. The Labute approximate surface area is 101 Å². The van der Waals surface area contributed by atoms with E-state index in [-0.39, 0.29) is 0 Å². The van der Waals surface area contributed by atoms with Crippen molar-refractivity contribution >= 4 is 0 Å². The molecular formula is C13H29NO2. The Bertz CT molecular complexity index is 142. The molecule has 3 nitrogen and oxygen atoms in total. The van der Waals surface area contributed by atoms with Crippen molar-refractivity contribution in [3.05, 3.63) is 0 Å². The van der Waals surface area contributed by atoms with Crippen LogP contribution in [-0.2, 0) is 9.47 Å². The first-order valence-electron chi connectivity index (χ1n) is 6.56. The third-order valence-electron chi connectivity index (χ3n) is 3.13. The molecular weight excluding hydrogens is 202 g/mol. The highest BCUT2D eigenvalue weighted by molar-refractivity contribution is 4.70. The van der Waals surface area contributed by atoms with Crippen LogP contribution in [0, 0.1) is 0 Å². The van der Waals surface area contributed by atoms with Gasteiger partial charge in [0.05, 0.1) is 0 Å². The summed E-state index contributed by atoms with van der Waals surface area (Å²) >= 11 is 0. The molecule has 0 saturated heterocycles. The Morgan fingerprint density at radius 3 is 1.56 bits per heavy atom. The Balaban J connectivity index is 4.52. The zero-order valence-corrected chi connectivity index (χ0v) is 11.7. The minimum atomic E-state index is -0.523. The lowest BCUT2D eigenvalue weighted by molar-refractivity contribution is -0.297. The molecule has 0 unspecified atom stereocenters. The molecule has 0 aromatic carbocycles. The Morgan fingerprint density at radius 1 is 0.875 bits per heavy atom. The summed E-state index contributed by atoms with van der Waals surface area (Å²) in [5.41, 5.74) is 0. The lowest BCUT2D eigenvalue weighted by Gasteiger charge is -2.40. The topological polar surface area (TPSA) is 21.7 Å². The van der Waals surface area contributed by atoms with Crippen LogP contribution in [0.5, 0.6) is 0 Å². The highest BCUT2D eigenvalue weighted by Gasteiger charge is 2.34. The molecule has 0 bridgehead atoms. The van der Waals surface area contributed by atoms with Crippen LogP contribution in [0.2, 0.25) is 0 Å². The first-order chi connectivity index (χ1) is 7.70. The third kappa shape index (κ3) is 4.40. The van der Waals surface area contributed by atoms with E-state index in [1.807, 2.05) is 0 Å². The lowest BCUT2D eigenvalue weighted by atomic mass is 10.2. The normalized spacial score (nSPS) is 12.4. The van der Waals surface area contributed by atoms with Crippen molar-refractivity contribution in [1.82, 2.24) is 4.90 Å². The Kier molecular flexibility index (Phi) is 8.90. The fourth-order valence-electron chi connectivity index (χ4n) is 2.00. The zero-order chi connectivity index (χ0) is 12.4. The molecule has 3 heteroatoms. The summed E-state index contributed by atoms with van der Waals surface area (Å²) < 4.78 is 11.2. The van der Waals surface area contributed by atoms with E-state index < -0.39 is 5.91 Å². The van der Waals surface area contributed by atoms with Crippen LogP contribution in [0.1, 0.15) is 52.9 Å². The van der Waals surface area contributed by atoms with Crippen LogP contribution in [0.15, 0.2) is 0 Å². The largest absolute Gasteiger partial charge is 0.341 e. The number of hydrogen-bond acceptors (Lipinski definition) is 3. The van der Waals surface area contributed by atoms with Gasteiger partial charge < -0.3 is 9.47 Å². The van der Waals surface area contributed by atoms with E-state index in [1.54, 1.807) is 14.2 Å². The summed E-state index contributed by atoms with van der Waals surface area (Å²) in [6, 6.07) is 0. The van der Waals surface area contributed by atoms with Gasteiger partial charge in [0.25, 0.3) is 0 Å². The molecule has 0 saturated carbocycles. The summed E-state index contributed by atoms with van der Waals surface area (Å²) in [6.07, 6.45) is 5.65. The average molecular weight is 231 g/mol. The highest BCUT2D eigenvalue weighted by Crippen LogP contribution is 2.23. The standard InChI is InChI=1S/C13H29NO2/c1-6-9-11-14(12-10-7-2)13(8-3,15-4)16-5/h6-12H2,1-5H3. The first-order valence-corrected chi connectivity index (χ1v) is 6.56. The van der Waals surface area contributed by atoms with Crippen LogP contribution in [0.25, 0.3) is 0 Å². The average Bonchev–Trinajstić information content (AvgIpc) is 2.34. The number of nitrogens with zero attached hydrogens (tertiary/aromatic N) is 1. The van der Waals surface area contributed by atoms with Gasteiger partial charge in [-0.3, -0.25) is 4.90 Å². The SMILES string of the molecule is CCCCN(CCCC)C(CC)(OC)OC. The van der Waals surface area contributed by atoms with Crippen LogP contribution in [-0.4, -0.2) is 38.1 Å². The van der Waals surface area contributed by atoms with E-state index in [0.717, 1.165) is 19.5 Å². The maximum Gasteiger partial charge on any atom is 0.229 e. The molecule has 0 aliphatic carbocycles. The van der Waals surface area contributed by atoms with E-state index >= 15 is 0 Å². The first kappa shape index (κ1) is 15.9. The van der Waals surface area contributed by atoms with Gasteiger partial charge >= 0.3 is 0 Å². The number of rotatable bonds is 10. The molecule has 0 amide bonds. The maximum absolute atomic E-state index is 5.60. The van der Waals surface area contributed by atoms with Gasteiger partial charge in [0.15, 0.2) is 0 Å². The summed E-state index contributed by atoms with van der Waals surface area (Å²) in [7, 11) is 3.47. The summed E-state index contributed by atoms with van der Waals surface area (Å²) in [5.74, 6) is -0.523. The van der Waals surface area contributed by atoms with Gasteiger partial charge in [0.2, 0.25) is 5.91 Å². The second-order valence-electron chi connectivity index (χ2n) is 4.17. The van der Waals surface area contributed by atoms with Crippen molar-refractivity contribution in [1.29, 1.82) is 0 Å². The highest BCUT2D eigenvalue weighted by atomic mass is 16.7. The van der Waals surface area contributed by atoms with Crippen molar-refractivity contribution in [3.63, 3.8) is 0 Å². The molecule has 0 spiro atoms. The molecule has 0 atom stereocenters. The van der Waals surface area contributed by atoms with E-state index in [4.69, 9.17) is 9.47 Å². The quantitative estimate of drug-likeness (QED) is 0.539. The summed E-state index contributed by atoms with van der Waals surface area (Å²) in [6.45, 7) is 8.63. The number of ether oxygens (including phenoxy) is 2. The summed E-state index contributed by atoms with van der Waals surface area (Å²) in [4.78, 5) is 2.33. The number of hydrogen-bond donors (Lipinski definition) is 0. The van der Waals surface area contributed by atoms with Gasteiger partial charge in [-0.2, -0.15) is 0 Å². The summed E-state index contributed by atoms with van der Waals surface area (Å²) in [5, 5.41) is 0. The molecule has 0 aliphatic heterocycles. The van der Waals surface area contributed by atoms with Crippen LogP contribution >= 0.6 is 0 Å². The Morgan fingerprint density at radius 2 is 1.31 bits per heavy atom. The zero-order valence-electron chi connectivity index (χ0n) is 11.7. The molecule has 16 heavy (non-hydrogen) atoms. The molecule has 0 fully saturated rings. The molecule has 0 aliphatic rings. The van der Waals surface area contributed by atoms with Crippen LogP contribution < -0.4 is 0 Å². The van der Waals surface area contributed by atoms with Crippen LogP contribution in [0.3, 0.4) is 0 Å². The van der Waals surface area contributed by atoms with Gasteiger partial charge in [-0.25, -0.2) is 0 Å². The molecule has 0 rings (SSSR count). The molecule has 0 N–H and O–H groups in total. The molecule has 98 valence electrons. The van der Waals surface area contributed by atoms with E-state index in [9.17, 15) is 0 Å². The van der Waals surface area contributed by atoms with E-state index in [0.29, 0.717) is 0 Å². The van der Waals surface area contributed by atoms with Gasteiger partial charge in [-0.15, -0.1) is 0 Å². The molecule has 0 heterocycles. The molecule has 0 radical (unpaired) electrons. The predicted octanol–water partition coefficient (Wildman–Crippen LogP) is 3.25. The van der Waals surface area contributed by atoms with Crippen molar-refractivity contribution in [3.8, 4) is 0 Å². The van der Waals surface area contributed by atoms with Crippen molar-refractivity contribution in [2.75, 3.05) is 27.3 Å². The predicted molar refractivity (Wildman–Crippen MR) is 68.4 cm³/mol. The van der Waals surface area contributed by atoms with Gasteiger partial charge in [0.1, 0.15) is 0 Å². The smallest absolute Gasteiger partial charge is 0.229 e. The van der Waals surface area contributed by atoms with Gasteiger partial charge in [-0.1, -0.05) is 33.6 Å². The van der Waals surface area contributed by atoms with Crippen molar-refractivity contribution in [2.24, 2.45) is 0 Å². The van der Waals surface area contributed by atoms with E-state index in [1.165, 1.54) is 25.7 Å². The van der Waals surface area contributed by atoms with E-state index in [2.05, 4.69) is 25.7 Å². The van der Waals surface area contributed by atoms with Crippen molar-refractivity contribution < 1.29 is 9.47 Å². The fraction of sp³-hybridized carbons (Fsp3) is 1.00. The minimum absolute atomic E-state index is 0.523. The van der Waals surface area contributed by atoms with Crippen molar-refractivity contribution in [2.45, 2.75) is 58.8 Å². The Hall–Kier alpha value is -0.120. The monoisotopic (exact) mass is 231 g/mol. The third-order valence-corrected chi connectivity index (χ3v) is 3.13. The number of methoxy groups -OCH3 is 2. The van der Waals surface area contributed by atoms with Gasteiger partial charge in [-0.05, 0) is 12.8 Å². The molecule has 0 aromatic rings. The maximum atomic E-state index is 5.60. The second kappa shape index (κ2) is 8.97.